The lowest BCUT2D eigenvalue weighted by Crippen LogP contribution is -2.36. The molecule has 0 bridgehead atoms. The largest absolute Gasteiger partial charge is 0.0948 e. The highest BCUT2D eigenvalue weighted by Crippen LogP contribution is 2.73. The first-order valence-electron chi connectivity index (χ1n) is 18.3. The first kappa shape index (κ1) is 31.0. The maximum atomic E-state index is 2.83. The van der Waals surface area contributed by atoms with Crippen LogP contribution >= 0.6 is 14.5 Å². The molecule has 4 aliphatic carbocycles. The molecule has 0 heterocycles. The Labute approximate surface area is 260 Å². The predicted octanol–water partition coefficient (Wildman–Crippen LogP) is 11.6. The third kappa shape index (κ3) is 6.67. The summed E-state index contributed by atoms with van der Waals surface area (Å²) in [5.41, 5.74) is 3.86. The summed E-state index contributed by atoms with van der Waals surface area (Å²) in [6.07, 6.45) is 38.1. The Morgan fingerprint density at radius 3 is 0.905 bits per heavy atom. The highest BCUT2D eigenvalue weighted by Gasteiger charge is 2.55. The summed E-state index contributed by atoms with van der Waals surface area (Å²) in [5.74, 6) is 0. The Balaban J connectivity index is 1.36. The van der Waals surface area contributed by atoms with Crippen molar-refractivity contribution in [3.8, 4) is 0 Å². The van der Waals surface area contributed by atoms with E-state index in [1.54, 1.807) is 10.6 Å². The van der Waals surface area contributed by atoms with Crippen LogP contribution in [0.2, 0.25) is 0 Å². The Morgan fingerprint density at radius 2 is 0.643 bits per heavy atom. The van der Waals surface area contributed by atoms with Gasteiger partial charge in [0, 0.05) is 0 Å². The Kier molecular flexibility index (Phi) is 11.3. The lowest BCUT2D eigenvalue weighted by molar-refractivity contribution is 0.481. The normalized spacial score (nSPS) is 23.0. The molecule has 0 unspecified atom stereocenters. The molecule has 0 amide bonds. The summed E-state index contributed by atoms with van der Waals surface area (Å²) in [4.78, 5) is 0. The van der Waals surface area contributed by atoms with Gasteiger partial charge >= 0.3 is 0 Å². The Morgan fingerprint density at radius 1 is 0.381 bits per heavy atom. The minimum Gasteiger partial charge on any atom is -0.0620 e. The van der Waals surface area contributed by atoms with Crippen molar-refractivity contribution in [1.29, 1.82) is 0 Å². The number of hydrogen-bond acceptors (Lipinski definition) is 0. The molecule has 228 valence electrons. The van der Waals surface area contributed by atoms with Gasteiger partial charge in [0.2, 0.25) is 0 Å². The average Bonchev–Trinajstić information content (AvgIpc) is 3.09. The van der Waals surface area contributed by atoms with Crippen LogP contribution in [0.1, 0.15) is 128 Å². The smallest absolute Gasteiger partial charge is 0.0620 e. The lowest BCUT2D eigenvalue weighted by Gasteiger charge is -2.44. The summed E-state index contributed by atoms with van der Waals surface area (Å²) < 4.78 is 0. The number of hydrogen-bond donors (Lipinski definition) is 0. The van der Waals surface area contributed by atoms with Crippen LogP contribution in [0.3, 0.4) is 0 Å². The summed E-state index contributed by atoms with van der Waals surface area (Å²) in [5, 5.41) is 3.58. The van der Waals surface area contributed by atoms with E-state index in [-0.39, 0.29) is 0 Å². The van der Waals surface area contributed by atoms with E-state index in [0.717, 1.165) is 22.6 Å². The fraction of sp³-hybridized carbons (Fsp3) is 0.650. The van der Waals surface area contributed by atoms with Crippen molar-refractivity contribution in [1.82, 2.24) is 0 Å². The predicted molar refractivity (Wildman–Crippen MR) is 192 cm³/mol. The Hall–Kier alpha value is -0.960. The van der Waals surface area contributed by atoms with E-state index < -0.39 is 14.5 Å². The molecule has 0 spiro atoms. The van der Waals surface area contributed by atoms with Gasteiger partial charge in [-0.2, -0.15) is 0 Å². The topological polar surface area (TPSA) is 0 Å². The van der Waals surface area contributed by atoms with Crippen molar-refractivity contribution in [3.05, 3.63) is 72.8 Å². The maximum Gasteiger partial charge on any atom is 0.0948 e. The third-order valence-corrected chi connectivity index (χ3v) is 23.8. The van der Waals surface area contributed by atoms with Crippen LogP contribution in [0.25, 0.3) is 0 Å². The summed E-state index contributed by atoms with van der Waals surface area (Å²) >= 11 is 0. The first-order chi connectivity index (χ1) is 20.8. The van der Waals surface area contributed by atoms with Gasteiger partial charge < -0.3 is 0 Å². The Bertz CT molecular complexity index is 944. The molecule has 0 nitrogen and oxygen atoms in total. The molecule has 0 atom stereocenters. The van der Waals surface area contributed by atoms with Gasteiger partial charge in [0.1, 0.15) is 0 Å². The van der Waals surface area contributed by atoms with E-state index in [0.29, 0.717) is 0 Å². The zero-order chi connectivity index (χ0) is 28.5. The molecule has 42 heavy (non-hydrogen) atoms. The fourth-order valence-corrected chi connectivity index (χ4v) is 22.4. The van der Waals surface area contributed by atoms with Crippen molar-refractivity contribution in [2.24, 2.45) is 0 Å². The molecule has 2 aromatic carbocycles. The second-order valence-corrected chi connectivity index (χ2v) is 22.9. The van der Waals surface area contributed by atoms with Gasteiger partial charge in [-0.3, -0.25) is 0 Å². The molecule has 0 aromatic heterocycles. The standard InChI is InChI=1S/C40H60P2/c1-7-21-35(22-8-1)41(36-23-9-2-10-24-36,37-25-11-3-12-26-37)33-19-20-34-42(38-27-13-4-14-28-38,39-29-15-5-16-30-39)40-31-17-6-18-32-40/h1,4,7-8,13-14,19-22,27-28,36-37,39-40H,2-3,5-6,9-12,15-18,23-26,29-34H2/q+2. The van der Waals surface area contributed by atoms with Crippen LogP contribution in [0.5, 0.6) is 0 Å². The molecule has 6 rings (SSSR count). The second-order valence-electron chi connectivity index (χ2n) is 14.5. The van der Waals surface area contributed by atoms with Crippen molar-refractivity contribution in [2.45, 2.75) is 151 Å². The van der Waals surface area contributed by atoms with Gasteiger partial charge in [0.25, 0.3) is 0 Å². The van der Waals surface area contributed by atoms with Crippen LogP contribution in [-0.4, -0.2) is 35.0 Å². The number of benzene rings is 2. The molecule has 4 fully saturated rings. The molecule has 2 aromatic rings. The third-order valence-electron chi connectivity index (χ3n) is 12.4. The molecular formula is C40H60P2+2. The van der Waals surface area contributed by atoms with E-state index in [1.165, 1.54) is 141 Å². The van der Waals surface area contributed by atoms with Crippen LogP contribution in [-0.2, 0) is 0 Å². The second kappa shape index (κ2) is 15.4. The van der Waals surface area contributed by atoms with Crippen LogP contribution in [0, 0.1) is 0 Å². The molecule has 4 aliphatic rings. The van der Waals surface area contributed by atoms with E-state index >= 15 is 0 Å². The molecule has 0 aliphatic heterocycles. The lowest BCUT2D eigenvalue weighted by atomic mass is 9.99. The molecule has 0 saturated heterocycles. The molecule has 4 saturated carbocycles. The first-order valence-corrected chi connectivity index (χ1v) is 22.6. The fourth-order valence-electron chi connectivity index (χ4n) is 10.3. The van der Waals surface area contributed by atoms with Gasteiger partial charge in [-0.15, -0.1) is 0 Å². The van der Waals surface area contributed by atoms with E-state index in [4.69, 9.17) is 0 Å². The van der Waals surface area contributed by atoms with Gasteiger partial charge in [0.05, 0.1) is 60.1 Å². The summed E-state index contributed by atoms with van der Waals surface area (Å²) in [7, 11) is -2.58. The monoisotopic (exact) mass is 602 g/mol. The van der Waals surface area contributed by atoms with Crippen molar-refractivity contribution >= 4 is 25.1 Å². The van der Waals surface area contributed by atoms with Crippen molar-refractivity contribution in [2.75, 3.05) is 12.3 Å². The zero-order valence-electron chi connectivity index (χ0n) is 26.7. The molecular weight excluding hydrogens is 542 g/mol. The molecule has 2 heteroatoms. The van der Waals surface area contributed by atoms with Gasteiger partial charge in [-0.05, 0) is 139 Å². The van der Waals surface area contributed by atoms with Gasteiger partial charge in [-0.25, -0.2) is 0 Å². The summed E-state index contributed by atoms with van der Waals surface area (Å²) in [6, 6.07) is 24.3. The van der Waals surface area contributed by atoms with Crippen LogP contribution < -0.4 is 10.6 Å². The van der Waals surface area contributed by atoms with Gasteiger partial charge in [-0.1, -0.05) is 62.1 Å². The van der Waals surface area contributed by atoms with Gasteiger partial charge in [0.15, 0.2) is 0 Å². The SMILES string of the molecule is C(=CC[P+](c1ccccc1)(C1CCCCC1)C1CCCCC1)C[P+](c1ccccc1)(C1CCCCC1)C1CCCCC1. The summed E-state index contributed by atoms with van der Waals surface area (Å²) in [6.45, 7) is 0. The van der Waals surface area contributed by atoms with E-state index in [2.05, 4.69) is 72.8 Å². The molecule has 0 radical (unpaired) electrons. The van der Waals surface area contributed by atoms with Crippen LogP contribution in [0.4, 0.5) is 0 Å². The van der Waals surface area contributed by atoms with Crippen molar-refractivity contribution < 1.29 is 0 Å². The quantitative estimate of drug-likeness (QED) is 0.187. The highest BCUT2D eigenvalue weighted by atomic mass is 31.2. The highest BCUT2D eigenvalue weighted by molar-refractivity contribution is 7.84. The average molecular weight is 603 g/mol. The van der Waals surface area contributed by atoms with Crippen molar-refractivity contribution in [3.63, 3.8) is 0 Å². The van der Waals surface area contributed by atoms with E-state index in [9.17, 15) is 0 Å². The van der Waals surface area contributed by atoms with Crippen LogP contribution in [0.15, 0.2) is 72.8 Å². The number of allylic oxidation sites excluding steroid dienone is 2. The van der Waals surface area contributed by atoms with E-state index in [1.807, 2.05) is 0 Å². The minimum atomic E-state index is -1.29. The molecule has 0 N–H and O–H groups in total. The zero-order valence-corrected chi connectivity index (χ0v) is 28.5. The maximum absolute atomic E-state index is 2.83. The minimum absolute atomic E-state index is 0.965. The number of rotatable bonds is 10.